The number of hydrogen-bond acceptors (Lipinski definition) is 5. The molecule has 1 saturated carbocycles. The van der Waals surface area contributed by atoms with E-state index in [1.165, 1.54) is 11.8 Å². The van der Waals surface area contributed by atoms with Crippen molar-refractivity contribution in [2.24, 2.45) is 5.73 Å². The molecular weight excluding hydrogens is 379 g/mol. The zero-order valence-corrected chi connectivity index (χ0v) is 15.9. The fourth-order valence-electron chi connectivity index (χ4n) is 2.66. The topological polar surface area (TPSA) is 80.9 Å². The molecule has 5 nitrogen and oxygen atoms in total. The summed E-state index contributed by atoms with van der Waals surface area (Å²) in [5.74, 6) is -0.183. The van der Waals surface area contributed by atoms with Crippen LogP contribution < -0.4 is 11.1 Å². The fourth-order valence-corrected chi connectivity index (χ4v) is 3.67. The Balaban J connectivity index is 0.00000225. The Hall–Kier alpha value is -1.34. The van der Waals surface area contributed by atoms with Crippen LogP contribution in [0.25, 0.3) is 0 Å². The zero-order valence-electron chi connectivity index (χ0n) is 13.5. The van der Waals surface area contributed by atoms with Crippen LogP contribution in [0.4, 0.5) is 0 Å². The van der Waals surface area contributed by atoms with Crippen LogP contribution in [0.5, 0.6) is 0 Å². The average Bonchev–Trinajstić information content (AvgIpc) is 2.59. The second-order valence-corrected chi connectivity index (χ2v) is 7.34. The number of halogens is 2. The van der Waals surface area contributed by atoms with Crippen molar-refractivity contribution in [3.8, 4) is 0 Å². The minimum absolute atomic E-state index is 0. The van der Waals surface area contributed by atoms with Gasteiger partial charge in [0.1, 0.15) is 5.03 Å². The highest BCUT2D eigenvalue weighted by molar-refractivity contribution is 7.99. The van der Waals surface area contributed by atoms with Gasteiger partial charge in [-0.05, 0) is 49.9 Å². The highest BCUT2D eigenvalue weighted by Gasteiger charge is 2.21. The van der Waals surface area contributed by atoms with Gasteiger partial charge < -0.3 is 11.1 Å². The molecule has 0 spiro atoms. The van der Waals surface area contributed by atoms with E-state index in [4.69, 9.17) is 17.3 Å². The van der Waals surface area contributed by atoms with Crippen molar-refractivity contribution in [1.29, 1.82) is 0 Å². The highest BCUT2D eigenvalue weighted by Crippen LogP contribution is 2.31. The standard InChI is InChI=1S/C17H19ClN4OS.ClH/c18-13-3-1-2-4-15(13)24-16-10-9-14(21-22-16)17(23)20-12-7-5-11(19)6-8-12;/h1-4,9-12H,5-8,19H2,(H,20,23);1H. The Labute approximate surface area is 162 Å². The third-order valence-corrected chi connectivity index (χ3v) is 5.48. The molecule has 134 valence electrons. The number of amides is 1. The van der Waals surface area contributed by atoms with Gasteiger partial charge in [-0.1, -0.05) is 35.5 Å². The molecule has 0 bridgehead atoms. The molecule has 2 aromatic rings. The molecule has 0 unspecified atom stereocenters. The molecule has 1 aromatic heterocycles. The van der Waals surface area contributed by atoms with Crippen molar-refractivity contribution >= 4 is 41.7 Å². The summed E-state index contributed by atoms with van der Waals surface area (Å²) < 4.78 is 0. The van der Waals surface area contributed by atoms with Gasteiger partial charge in [0.25, 0.3) is 5.91 Å². The molecule has 3 N–H and O–H groups in total. The molecule has 3 rings (SSSR count). The largest absolute Gasteiger partial charge is 0.348 e. The lowest BCUT2D eigenvalue weighted by Gasteiger charge is -2.26. The SMILES string of the molecule is Cl.NC1CCC(NC(=O)c2ccc(Sc3ccccc3Cl)nn2)CC1. The van der Waals surface area contributed by atoms with E-state index >= 15 is 0 Å². The molecule has 8 heteroatoms. The molecule has 1 amide bonds. The number of rotatable bonds is 4. The van der Waals surface area contributed by atoms with E-state index in [9.17, 15) is 4.79 Å². The summed E-state index contributed by atoms with van der Waals surface area (Å²) in [6.07, 6.45) is 3.73. The highest BCUT2D eigenvalue weighted by atomic mass is 35.5. The van der Waals surface area contributed by atoms with Gasteiger partial charge in [0.05, 0.1) is 5.02 Å². The second-order valence-electron chi connectivity index (χ2n) is 5.87. The summed E-state index contributed by atoms with van der Waals surface area (Å²) >= 11 is 7.55. The number of aromatic nitrogens is 2. The fraction of sp³-hybridized carbons (Fsp3) is 0.353. The number of carbonyl (C=O) groups is 1. The predicted molar refractivity (Wildman–Crippen MR) is 103 cm³/mol. The first kappa shape index (κ1) is 20.0. The zero-order chi connectivity index (χ0) is 16.9. The van der Waals surface area contributed by atoms with Crippen molar-refractivity contribution in [3.05, 3.63) is 47.1 Å². The van der Waals surface area contributed by atoms with Gasteiger partial charge in [-0.2, -0.15) is 0 Å². The maximum absolute atomic E-state index is 12.2. The molecule has 25 heavy (non-hydrogen) atoms. The molecular formula is C17H20Cl2N4OS. The monoisotopic (exact) mass is 398 g/mol. The van der Waals surface area contributed by atoms with Crippen LogP contribution >= 0.6 is 35.8 Å². The molecule has 0 atom stereocenters. The van der Waals surface area contributed by atoms with E-state index in [1.54, 1.807) is 12.1 Å². The molecule has 0 radical (unpaired) electrons. The number of nitrogens with zero attached hydrogens (tertiary/aromatic N) is 2. The first-order valence-electron chi connectivity index (χ1n) is 7.94. The van der Waals surface area contributed by atoms with E-state index in [0.717, 1.165) is 30.6 Å². The van der Waals surface area contributed by atoms with Crippen molar-refractivity contribution < 1.29 is 4.79 Å². The molecule has 0 saturated heterocycles. The third kappa shape index (κ3) is 5.57. The summed E-state index contributed by atoms with van der Waals surface area (Å²) in [7, 11) is 0. The van der Waals surface area contributed by atoms with E-state index in [1.807, 2.05) is 24.3 Å². The Morgan fingerprint density at radius 1 is 1.12 bits per heavy atom. The quantitative estimate of drug-likeness (QED) is 0.820. The lowest BCUT2D eigenvalue weighted by atomic mass is 9.92. The number of hydrogen-bond donors (Lipinski definition) is 2. The van der Waals surface area contributed by atoms with E-state index < -0.39 is 0 Å². The Bertz CT molecular complexity index is 706. The van der Waals surface area contributed by atoms with Gasteiger partial charge in [0, 0.05) is 17.0 Å². The van der Waals surface area contributed by atoms with Crippen molar-refractivity contribution in [1.82, 2.24) is 15.5 Å². The molecule has 1 aliphatic carbocycles. The summed E-state index contributed by atoms with van der Waals surface area (Å²) in [5, 5.41) is 12.5. The molecule has 1 fully saturated rings. The summed E-state index contributed by atoms with van der Waals surface area (Å²) in [6.45, 7) is 0. The van der Waals surface area contributed by atoms with Gasteiger partial charge in [-0.15, -0.1) is 22.6 Å². The van der Waals surface area contributed by atoms with Crippen LogP contribution in [0.3, 0.4) is 0 Å². The first-order chi connectivity index (χ1) is 11.6. The minimum atomic E-state index is -0.183. The Morgan fingerprint density at radius 2 is 1.84 bits per heavy atom. The third-order valence-electron chi connectivity index (χ3n) is 4.03. The molecule has 1 aromatic carbocycles. The van der Waals surface area contributed by atoms with Gasteiger partial charge in [0.2, 0.25) is 0 Å². The van der Waals surface area contributed by atoms with Crippen LogP contribution in [0.15, 0.2) is 46.3 Å². The summed E-state index contributed by atoms with van der Waals surface area (Å²) in [4.78, 5) is 13.2. The van der Waals surface area contributed by atoms with Crippen molar-refractivity contribution in [3.63, 3.8) is 0 Å². The van der Waals surface area contributed by atoms with Crippen LogP contribution in [0.2, 0.25) is 5.02 Å². The van der Waals surface area contributed by atoms with Gasteiger partial charge in [0.15, 0.2) is 5.69 Å². The van der Waals surface area contributed by atoms with E-state index in [0.29, 0.717) is 15.7 Å². The van der Waals surface area contributed by atoms with E-state index in [2.05, 4.69) is 15.5 Å². The minimum Gasteiger partial charge on any atom is -0.348 e. The van der Waals surface area contributed by atoms with Crippen LogP contribution in [-0.4, -0.2) is 28.2 Å². The lowest BCUT2D eigenvalue weighted by Crippen LogP contribution is -2.40. The maximum atomic E-state index is 12.2. The molecule has 1 aliphatic rings. The number of carbonyl (C=O) groups excluding carboxylic acids is 1. The van der Waals surface area contributed by atoms with Crippen LogP contribution in [-0.2, 0) is 0 Å². The average molecular weight is 399 g/mol. The maximum Gasteiger partial charge on any atom is 0.272 e. The Morgan fingerprint density at radius 3 is 2.48 bits per heavy atom. The number of nitrogens with one attached hydrogen (secondary N) is 1. The summed E-state index contributed by atoms with van der Waals surface area (Å²) in [5.41, 5.74) is 6.21. The van der Waals surface area contributed by atoms with E-state index in [-0.39, 0.29) is 30.4 Å². The van der Waals surface area contributed by atoms with Gasteiger partial charge in [-0.3, -0.25) is 4.79 Å². The van der Waals surface area contributed by atoms with Crippen molar-refractivity contribution in [2.45, 2.75) is 47.7 Å². The van der Waals surface area contributed by atoms with Crippen LogP contribution in [0, 0.1) is 0 Å². The predicted octanol–water partition coefficient (Wildman–Crippen LogP) is 3.70. The molecule has 1 heterocycles. The molecule has 0 aliphatic heterocycles. The summed E-state index contributed by atoms with van der Waals surface area (Å²) in [6, 6.07) is 11.5. The van der Waals surface area contributed by atoms with Gasteiger partial charge >= 0.3 is 0 Å². The smallest absolute Gasteiger partial charge is 0.272 e. The van der Waals surface area contributed by atoms with Gasteiger partial charge in [-0.25, -0.2) is 0 Å². The van der Waals surface area contributed by atoms with Crippen molar-refractivity contribution in [2.75, 3.05) is 0 Å². The Kier molecular flexibility index (Phi) is 7.50. The normalized spacial score (nSPS) is 19.8. The number of benzene rings is 1. The number of nitrogens with two attached hydrogens (primary N) is 1. The first-order valence-corrected chi connectivity index (χ1v) is 9.14. The lowest BCUT2D eigenvalue weighted by molar-refractivity contribution is 0.0919. The second kappa shape index (κ2) is 9.38. The van der Waals surface area contributed by atoms with Crippen LogP contribution in [0.1, 0.15) is 36.2 Å².